The molecule has 3 aromatic rings. The molecule has 0 saturated heterocycles. The van der Waals surface area contributed by atoms with Crippen molar-refractivity contribution in [2.45, 2.75) is 4.90 Å². The zero-order chi connectivity index (χ0) is 13.9. The molecule has 2 aromatic carbocycles. The molecule has 0 spiro atoms. The molecule has 1 aromatic heterocycles. The third-order valence-electron chi connectivity index (χ3n) is 3.65. The van der Waals surface area contributed by atoms with Crippen LogP contribution in [-0.2, 0) is 10.0 Å². The summed E-state index contributed by atoms with van der Waals surface area (Å²) in [6.07, 6.45) is 2.30. The molecule has 1 aliphatic rings. The van der Waals surface area contributed by atoms with Crippen molar-refractivity contribution >= 4 is 27.2 Å². The van der Waals surface area contributed by atoms with Crippen LogP contribution in [0.5, 0.6) is 0 Å². The molecule has 0 fully saturated rings. The Bertz CT molecular complexity index is 984. The van der Waals surface area contributed by atoms with Crippen molar-refractivity contribution in [3.63, 3.8) is 0 Å². The van der Waals surface area contributed by atoms with Gasteiger partial charge in [0.15, 0.2) is 0 Å². The van der Waals surface area contributed by atoms with Crippen molar-refractivity contribution in [3.05, 3.63) is 54.2 Å². The lowest BCUT2D eigenvalue weighted by Gasteiger charge is -2.14. The van der Waals surface area contributed by atoms with Gasteiger partial charge in [-0.2, -0.15) is 0 Å². The molecule has 4 nitrogen and oxygen atoms in total. The fraction of sp³-hybridized carbons (Fsp3) is 0. The van der Waals surface area contributed by atoms with Gasteiger partial charge in [0.05, 0.1) is 10.4 Å². The SMILES string of the molecule is O=Cc1ccc2c(c1)S(=O)(=O)n1cc-2c2ccccc21. The Balaban J connectivity index is 2.24. The summed E-state index contributed by atoms with van der Waals surface area (Å²) in [6, 6.07) is 12.1. The minimum Gasteiger partial charge on any atom is -0.298 e. The number of rotatable bonds is 1. The average molecular weight is 283 g/mol. The maximum Gasteiger partial charge on any atom is 0.268 e. The van der Waals surface area contributed by atoms with E-state index in [4.69, 9.17) is 0 Å². The Labute approximate surface area is 115 Å². The lowest BCUT2D eigenvalue weighted by molar-refractivity contribution is 0.112. The molecule has 2 bridgehead atoms. The fourth-order valence-electron chi connectivity index (χ4n) is 2.72. The predicted molar refractivity (Wildman–Crippen MR) is 75.3 cm³/mol. The second-order valence-corrected chi connectivity index (χ2v) is 6.52. The van der Waals surface area contributed by atoms with Gasteiger partial charge in [0.25, 0.3) is 10.0 Å². The summed E-state index contributed by atoms with van der Waals surface area (Å²) in [5.74, 6) is 0. The molecule has 2 heterocycles. The number of hydrogen-bond acceptors (Lipinski definition) is 3. The van der Waals surface area contributed by atoms with Crippen LogP contribution in [0.1, 0.15) is 10.4 Å². The summed E-state index contributed by atoms with van der Waals surface area (Å²) in [5, 5.41) is 0.897. The highest BCUT2D eigenvalue weighted by Gasteiger charge is 2.30. The van der Waals surface area contributed by atoms with Gasteiger partial charge in [-0.05, 0) is 12.1 Å². The Morgan fingerprint density at radius 1 is 1.00 bits per heavy atom. The first-order chi connectivity index (χ1) is 9.63. The van der Waals surface area contributed by atoms with Gasteiger partial charge in [-0.1, -0.05) is 30.3 Å². The fourth-order valence-corrected chi connectivity index (χ4v) is 4.33. The lowest BCUT2D eigenvalue weighted by atomic mass is 10.0. The van der Waals surface area contributed by atoms with Crippen LogP contribution in [0.4, 0.5) is 0 Å². The molecule has 98 valence electrons. The van der Waals surface area contributed by atoms with Gasteiger partial charge in [0.1, 0.15) is 6.29 Å². The molecule has 0 saturated carbocycles. The molecule has 4 rings (SSSR count). The van der Waals surface area contributed by atoms with E-state index in [0.717, 1.165) is 10.9 Å². The van der Waals surface area contributed by atoms with Crippen molar-refractivity contribution in [2.24, 2.45) is 0 Å². The Morgan fingerprint density at radius 3 is 2.60 bits per heavy atom. The maximum absolute atomic E-state index is 12.7. The van der Waals surface area contributed by atoms with Gasteiger partial charge < -0.3 is 0 Å². The Morgan fingerprint density at radius 2 is 1.80 bits per heavy atom. The van der Waals surface area contributed by atoms with Crippen LogP contribution in [-0.4, -0.2) is 18.7 Å². The minimum atomic E-state index is -3.64. The Kier molecular flexibility index (Phi) is 2.04. The van der Waals surface area contributed by atoms with E-state index in [0.29, 0.717) is 22.9 Å². The zero-order valence-corrected chi connectivity index (χ0v) is 11.1. The second kappa shape index (κ2) is 3.58. The van der Waals surface area contributed by atoms with Crippen LogP contribution >= 0.6 is 0 Å². The second-order valence-electron chi connectivity index (χ2n) is 4.73. The molecule has 0 atom stereocenters. The number of carbonyl (C=O) groups is 1. The first-order valence-corrected chi connectivity index (χ1v) is 7.52. The van der Waals surface area contributed by atoms with E-state index in [2.05, 4.69) is 0 Å². The highest BCUT2D eigenvalue weighted by atomic mass is 32.2. The molecule has 0 unspecified atom stereocenters. The van der Waals surface area contributed by atoms with Crippen LogP contribution in [0, 0.1) is 0 Å². The summed E-state index contributed by atoms with van der Waals surface area (Å²) in [5.41, 5.74) is 2.55. The number of hydrogen-bond donors (Lipinski definition) is 0. The number of fused-ring (bicyclic) bond motifs is 7. The normalized spacial score (nSPS) is 15.0. The Hall–Kier alpha value is -2.40. The van der Waals surface area contributed by atoms with Crippen LogP contribution in [0.25, 0.3) is 22.0 Å². The summed E-state index contributed by atoms with van der Waals surface area (Å²) in [6.45, 7) is 0. The molecule has 20 heavy (non-hydrogen) atoms. The topological polar surface area (TPSA) is 56.1 Å². The number of para-hydroxylation sites is 1. The van der Waals surface area contributed by atoms with Crippen molar-refractivity contribution in [3.8, 4) is 11.1 Å². The lowest BCUT2D eigenvalue weighted by Crippen LogP contribution is -2.15. The molecule has 0 aliphatic carbocycles. The number of aldehydes is 1. The minimum absolute atomic E-state index is 0.191. The average Bonchev–Trinajstić information content (AvgIpc) is 2.83. The van der Waals surface area contributed by atoms with E-state index >= 15 is 0 Å². The molecule has 0 amide bonds. The van der Waals surface area contributed by atoms with E-state index < -0.39 is 10.0 Å². The summed E-state index contributed by atoms with van der Waals surface area (Å²) < 4.78 is 26.6. The number of aromatic nitrogens is 1. The summed E-state index contributed by atoms with van der Waals surface area (Å²) >= 11 is 0. The van der Waals surface area contributed by atoms with Crippen LogP contribution in [0.2, 0.25) is 0 Å². The summed E-state index contributed by atoms with van der Waals surface area (Å²) in [4.78, 5) is 11.1. The largest absolute Gasteiger partial charge is 0.298 e. The highest BCUT2D eigenvalue weighted by Crippen LogP contribution is 2.41. The quantitative estimate of drug-likeness (QED) is 0.505. The molecule has 5 heteroatoms. The van der Waals surface area contributed by atoms with Crippen molar-refractivity contribution in [1.29, 1.82) is 0 Å². The van der Waals surface area contributed by atoms with Gasteiger partial charge in [0, 0.05) is 28.3 Å². The predicted octanol–water partition coefficient (Wildman–Crippen LogP) is 2.67. The first kappa shape index (κ1) is 11.4. The van der Waals surface area contributed by atoms with Gasteiger partial charge in [-0.25, -0.2) is 12.4 Å². The molecule has 1 aliphatic heterocycles. The van der Waals surface area contributed by atoms with Gasteiger partial charge in [-0.15, -0.1) is 0 Å². The molecular weight excluding hydrogens is 274 g/mol. The maximum atomic E-state index is 12.7. The van der Waals surface area contributed by atoms with Gasteiger partial charge >= 0.3 is 0 Å². The van der Waals surface area contributed by atoms with Crippen molar-refractivity contribution in [1.82, 2.24) is 3.97 Å². The summed E-state index contributed by atoms with van der Waals surface area (Å²) in [7, 11) is -3.64. The van der Waals surface area contributed by atoms with Gasteiger partial charge in [-0.3, -0.25) is 4.79 Å². The van der Waals surface area contributed by atoms with Crippen LogP contribution < -0.4 is 0 Å². The molecular formula is C15H9NO3S. The number of carbonyl (C=O) groups excluding carboxylic acids is 1. The van der Waals surface area contributed by atoms with E-state index in [1.807, 2.05) is 18.2 Å². The van der Waals surface area contributed by atoms with E-state index in [9.17, 15) is 13.2 Å². The highest BCUT2D eigenvalue weighted by molar-refractivity contribution is 7.90. The number of nitrogens with zero attached hydrogens (tertiary/aromatic N) is 1. The molecule has 0 radical (unpaired) electrons. The monoisotopic (exact) mass is 283 g/mol. The van der Waals surface area contributed by atoms with Crippen LogP contribution in [0.3, 0.4) is 0 Å². The van der Waals surface area contributed by atoms with Crippen molar-refractivity contribution in [2.75, 3.05) is 0 Å². The van der Waals surface area contributed by atoms with Crippen molar-refractivity contribution < 1.29 is 13.2 Å². The third-order valence-corrected chi connectivity index (χ3v) is 5.36. The van der Waals surface area contributed by atoms with E-state index in [1.165, 1.54) is 10.0 Å². The zero-order valence-electron chi connectivity index (χ0n) is 10.3. The smallest absolute Gasteiger partial charge is 0.268 e. The number of benzene rings is 2. The third kappa shape index (κ3) is 1.25. The standard InChI is InChI=1S/C15H9NO3S/c17-9-10-5-6-12-13-8-16(20(18,19)15(12)7-10)14-4-2-1-3-11(13)14/h1-9H. The van der Waals surface area contributed by atoms with E-state index in [-0.39, 0.29) is 4.90 Å². The van der Waals surface area contributed by atoms with E-state index in [1.54, 1.807) is 24.4 Å². The molecule has 0 N–H and O–H groups in total. The first-order valence-electron chi connectivity index (χ1n) is 6.08. The van der Waals surface area contributed by atoms with Crippen LogP contribution in [0.15, 0.2) is 53.6 Å². The van der Waals surface area contributed by atoms with Gasteiger partial charge in [0.2, 0.25) is 0 Å².